The summed E-state index contributed by atoms with van der Waals surface area (Å²) < 4.78 is 0. The normalized spacial score (nSPS) is 15.9. The van der Waals surface area contributed by atoms with Crippen molar-refractivity contribution in [2.75, 3.05) is 5.32 Å². The smallest absolute Gasteiger partial charge is 0.137 e. The van der Waals surface area contributed by atoms with Crippen molar-refractivity contribution in [3.8, 4) is 0 Å². The maximum absolute atomic E-state index is 4.46. The zero-order valence-electron chi connectivity index (χ0n) is 12.0. The lowest BCUT2D eigenvalue weighted by Crippen LogP contribution is -2.35. The van der Waals surface area contributed by atoms with Crippen LogP contribution in [0.25, 0.3) is 10.9 Å². The molecule has 0 radical (unpaired) electrons. The summed E-state index contributed by atoms with van der Waals surface area (Å²) in [5.41, 5.74) is 3.87. The number of nitrogens with one attached hydrogen (secondary N) is 1. The molecule has 1 aromatic heterocycles. The Bertz CT molecular complexity index is 780. The second-order valence-corrected chi connectivity index (χ2v) is 6.05. The van der Waals surface area contributed by atoms with Gasteiger partial charge in [0, 0.05) is 10.9 Å². The first-order valence-corrected chi connectivity index (χ1v) is 7.28. The molecule has 0 aliphatic heterocycles. The maximum atomic E-state index is 4.46. The molecule has 0 bridgehead atoms. The van der Waals surface area contributed by atoms with Crippen LogP contribution in [0.15, 0.2) is 54.9 Å². The largest absolute Gasteiger partial charge is 0.364 e. The second-order valence-electron chi connectivity index (χ2n) is 6.05. The van der Waals surface area contributed by atoms with Crippen molar-refractivity contribution >= 4 is 16.7 Å². The molecule has 21 heavy (non-hydrogen) atoms. The predicted octanol–water partition coefficient (Wildman–Crippen LogP) is 3.60. The fourth-order valence-corrected chi connectivity index (χ4v) is 3.28. The van der Waals surface area contributed by atoms with E-state index < -0.39 is 0 Å². The first-order chi connectivity index (χ1) is 10.2. The minimum Gasteiger partial charge on any atom is -0.364 e. The van der Waals surface area contributed by atoms with E-state index in [1.165, 1.54) is 11.1 Å². The Morgan fingerprint density at radius 3 is 2.33 bits per heavy atom. The van der Waals surface area contributed by atoms with E-state index in [4.69, 9.17) is 0 Å². The van der Waals surface area contributed by atoms with Crippen LogP contribution in [0.2, 0.25) is 0 Å². The number of nitrogens with zero attached hydrogens (tertiary/aromatic N) is 2. The van der Waals surface area contributed by atoms with Crippen molar-refractivity contribution in [2.45, 2.75) is 25.3 Å². The molecule has 1 aliphatic carbocycles. The Morgan fingerprint density at radius 2 is 1.57 bits per heavy atom. The summed E-state index contributed by atoms with van der Waals surface area (Å²) in [6.07, 6.45) is 3.69. The highest BCUT2D eigenvalue weighted by molar-refractivity contribution is 5.89. The van der Waals surface area contributed by atoms with E-state index in [1.54, 1.807) is 6.33 Å². The molecule has 1 heterocycles. The van der Waals surface area contributed by atoms with E-state index in [-0.39, 0.29) is 5.54 Å². The van der Waals surface area contributed by atoms with Gasteiger partial charge in [0.15, 0.2) is 0 Å². The zero-order chi connectivity index (χ0) is 14.3. The quantitative estimate of drug-likeness (QED) is 0.776. The second kappa shape index (κ2) is 4.55. The summed E-state index contributed by atoms with van der Waals surface area (Å²) in [6.45, 7) is 2.27. The number of para-hydroxylation sites is 1. The minimum atomic E-state index is 0.0147. The van der Waals surface area contributed by atoms with Gasteiger partial charge in [-0.2, -0.15) is 0 Å². The van der Waals surface area contributed by atoms with Crippen LogP contribution in [0.1, 0.15) is 18.1 Å². The van der Waals surface area contributed by atoms with E-state index in [2.05, 4.69) is 52.5 Å². The molecule has 0 amide bonds. The molecule has 1 N–H and O–H groups in total. The summed E-state index contributed by atoms with van der Waals surface area (Å²) in [4.78, 5) is 8.78. The number of hydrogen-bond donors (Lipinski definition) is 1. The van der Waals surface area contributed by atoms with Crippen molar-refractivity contribution in [3.05, 3.63) is 66.0 Å². The lowest BCUT2D eigenvalue weighted by molar-refractivity contribution is 0.544. The highest BCUT2D eigenvalue weighted by Gasteiger charge is 2.33. The molecule has 2 aromatic carbocycles. The van der Waals surface area contributed by atoms with Crippen molar-refractivity contribution in [1.29, 1.82) is 0 Å². The summed E-state index contributed by atoms with van der Waals surface area (Å²) in [5.74, 6) is 0.927. The van der Waals surface area contributed by atoms with E-state index >= 15 is 0 Å². The van der Waals surface area contributed by atoms with Crippen molar-refractivity contribution in [1.82, 2.24) is 9.97 Å². The molecular formula is C18H17N3. The molecule has 0 unspecified atom stereocenters. The van der Waals surface area contributed by atoms with Crippen molar-refractivity contribution in [2.24, 2.45) is 0 Å². The molecule has 104 valence electrons. The number of anilines is 1. The number of hydrogen-bond acceptors (Lipinski definition) is 3. The molecule has 0 saturated heterocycles. The van der Waals surface area contributed by atoms with Gasteiger partial charge in [-0.1, -0.05) is 36.4 Å². The van der Waals surface area contributed by atoms with Gasteiger partial charge in [-0.15, -0.1) is 0 Å². The van der Waals surface area contributed by atoms with Gasteiger partial charge in [0.2, 0.25) is 0 Å². The Labute approximate surface area is 124 Å². The summed E-state index contributed by atoms with van der Waals surface area (Å²) in [7, 11) is 0. The number of benzene rings is 2. The molecule has 0 spiro atoms. The van der Waals surface area contributed by atoms with E-state index in [0.717, 1.165) is 29.6 Å². The van der Waals surface area contributed by atoms with Crippen LogP contribution in [0.3, 0.4) is 0 Å². The Kier molecular flexibility index (Phi) is 2.67. The molecule has 4 rings (SSSR count). The third-order valence-electron chi connectivity index (χ3n) is 4.24. The molecular weight excluding hydrogens is 258 g/mol. The minimum absolute atomic E-state index is 0.0147. The average molecular weight is 275 g/mol. The summed E-state index contributed by atoms with van der Waals surface area (Å²) >= 11 is 0. The number of fused-ring (bicyclic) bond motifs is 2. The van der Waals surface area contributed by atoms with Crippen molar-refractivity contribution < 1.29 is 0 Å². The fraction of sp³-hybridized carbons (Fsp3) is 0.222. The maximum Gasteiger partial charge on any atom is 0.137 e. The van der Waals surface area contributed by atoms with Gasteiger partial charge in [-0.3, -0.25) is 0 Å². The first-order valence-electron chi connectivity index (χ1n) is 7.28. The summed E-state index contributed by atoms with van der Waals surface area (Å²) in [5, 5.41) is 4.74. The Morgan fingerprint density at radius 1 is 0.905 bits per heavy atom. The number of aromatic nitrogens is 2. The van der Waals surface area contributed by atoms with Gasteiger partial charge in [-0.05, 0) is 43.0 Å². The monoisotopic (exact) mass is 275 g/mol. The fourth-order valence-electron chi connectivity index (χ4n) is 3.28. The third kappa shape index (κ3) is 2.15. The van der Waals surface area contributed by atoms with Crippen LogP contribution in [0, 0.1) is 0 Å². The molecule has 0 atom stereocenters. The van der Waals surface area contributed by atoms with Gasteiger partial charge >= 0.3 is 0 Å². The van der Waals surface area contributed by atoms with Gasteiger partial charge in [-0.25, -0.2) is 9.97 Å². The van der Waals surface area contributed by atoms with Crippen LogP contribution < -0.4 is 5.32 Å². The highest BCUT2D eigenvalue weighted by Crippen LogP contribution is 2.33. The van der Waals surface area contributed by atoms with E-state index in [0.29, 0.717) is 0 Å². The molecule has 3 heteroatoms. The van der Waals surface area contributed by atoms with Crippen LogP contribution >= 0.6 is 0 Å². The highest BCUT2D eigenvalue weighted by atomic mass is 15.1. The standard InChI is InChI=1S/C18H17N3/c1-18(10-13-6-2-3-7-14(13)11-18)21-17-15-8-4-5-9-16(15)19-12-20-17/h2-9,12H,10-11H2,1H3,(H,19,20,21). The van der Waals surface area contributed by atoms with E-state index in [9.17, 15) is 0 Å². The lowest BCUT2D eigenvalue weighted by atomic mass is 9.98. The van der Waals surface area contributed by atoms with Gasteiger partial charge in [0.1, 0.15) is 12.1 Å². The van der Waals surface area contributed by atoms with Crippen molar-refractivity contribution in [3.63, 3.8) is 0 Å². The van der Waals surface area contributed by atoms with E-state index in [1.807, 2.05) is 18.2 Å². The molecule has 1 aliphatic rings. The molecule has 0 fully saturated rings. The number of rotatable bonds is 2. The van der Waals surface area contributed by atoms with Gasteiger partial charge in [0.25, 0.3) is 0 Å². The zero-order valence-corrected chi connectivity index (χ0v) is 12.0. The van der Waals surface area contributed by atoms with Crippen LogP contribution in [-0.4, -0.2) is 15.5 Å². The Balaban J connectivity index is 1.70. The third-order valence-corrected chi connectivity index (χ3v) is 4.24. The Hall–Kier alpha value is -2.42. The van der Waals surface area contributed by atoms with Gasteiger partial charge < -0.3 is 5.32 Å². The first kappa shape index (κ1) is 12.3. The van der Waals surface area contributed by atoms with Crippen LogP contribution in [-0.2, 0) is 12.8 Å². The molecule has 0 saturated carbocycles. The average Bonchev–Trinajstić information content (AvgIpc) is 2.83. The van der Waals surface area contributed by atoms with Crippen LogP contribution in [0.4, 0.5) is 5.82 Å². The van der Waals surface area contributed by atoms with Crippen LogP contribution in [0.5, 0.6) is 0 Å². The molecule has 3 nitrogen and oxygen atoms in total. The predicted molar refractivity (Wildman–Crippen MR) is 85.4 cm³/mol. The summed E-state index contributed by atoms with van der Waals surface area (Å²) in [6, 6.07) is 16.8. The van der Waals surface area contributed by atoms with Gasteiger partial charge in [0.05, 0.1) is 5.52 Å². The topological polar surface area (TPSA) is 37.8 Å². The molecule has 3 aromatic rings. The SMILES string of the molecule is CC1(Nc2ncnc3ccccc23)Cc2ccccc2C1. The lowest BCUT2D eigenvalue weighted by Gasteiger charge is -2.26.